The third-order valence-corrected chi connectivity index (χ3v) is 3.73. The first kappa shape index (κ1) is 26.1. The maximum absolute atomic E-state index is 11.4. The second-order valence-electron chi connectivity index (χ2n) is 5.76. The van der Waals surface area contributed by atoms with E-state index in [0.29, 0.717) is 6.42 Å². The van der Waals surface area contributed by atoms with Gasteiger partial charge in [-0.25, -0.2) is 9.59 Å². The van der Waals surface area contributed by atoms with E-state index < -0.39 is 24.1 Å². The number of hydrogen-bond donors (Lipinski definition) is 2. The average molecular weight is 355 g/mol. The van der Waals surface area contributed by atoms with Gasteiger partial charge < -0.3 is 19.7 Å². The van der Waals surface area contributed by atoms with Gasteiger partial charge in [0.15, 0.2) is 12.2 Å². The minimum Gasteiger partial charge on any atom is -0.467 e. The topological polar surface area (TPSA) is 93.1 Å². The molecule has 2 atom stereocenters. The molecule has 1 radical (unpaired) electrons. The summed E-state index contributed by atoms with van der Waals surface area (Å²) >= 11 is 0. The Hall–Kier alpha value is -0.140. The van der Waals surface area contributed by atoms with Gasteiger partial charge in [0.25, 0.3) is 0 Å². The number of aliphatic hydroxyl groups is 2. The fourth-order valence-corrected chi connectivity index (χ4v) is 2.23. The van der Waals surface area contributed by atoms with Gasteiger partial charge in [0.2, 0.25) is 0 Å². The van der Waals surface area contributed by atoms with Gasteiger partial charge in [0, 0.05) is 29.6 Å². The summed E-state index contributed by atoms with van der Waals surface area (Å²) in [6.07, 6.45) is 7.90. The van der Waals surface area contributed by atoms with Gasteiger partial charge in [-0.15, -0.1) is 0 Å². The van der Waals surface area contributed by atoms with Crippen LogP contribution in [0.4, 0.5) is 0 Å². The fourth-order valence-electron chi connectivity index (χ4n) is 2.23. The van der Waals surface area contributed by atoms with E-state index in [9.17, 15) is 19.8 Å². The summed E-state index contributed by atoms with van der Waals surface area (Å²) in [7, 11) is 1.06. The molecule has 0 heterocycles. The predicted octanol–water partition coefficient (Wildman–Crippen LogP) is 1.96. The number of rotatable bonds is 14. The Morgan fingerprint density at radius 2 is 1.21 bits per heavy atom. The van der Waals surface area contributed by atoms with Crippen LogP contribution in [-0.2, 0) is 19.1 Å². The standard InChI is InChI=1S/C17H32O6.Na/c1-3-4-5-6-7-8-9-10-11-12-13-23-17(21)15(19)14(18)16(20)22-2;/h14-15,18-19H,3-13H2,1-2H3;. The molecule has 0 aromatic heterocycles. The molecule has 2 N–H and O–H groups in total. The van der Waals surface area contributed by atoms with E-state index in [4.69, 9.17) is 4.74 Å². The van der Waals surface area contributed by atoms with Crippen molar-refractivity contribution >= 4 is 41.5 Å². The molecule has 0 aliphatic rings. The number of unbranched alkanes of at least 4 members (excludes halogenated alkanes) is 9. The summed E-state index contributed by atoms with van der Waals surface area (Å²) < 4.78 is 9.07. The summed E-state index contributed by atoms with van der Waals surface area (Å²) in [5, 5.41) is 18.7. The summed E-state index contributed by atoms with van der Waals surface area (Å²) in [6, 6.07) is 0. The van der Waals surface area contributed by atoms with Crippen LogP contribution in [-0.4, -0.2) is 77.6 Å². The molecule has 0 saturated carbocycles. The summed E-state index contributed by atoms with van der Waals surface area (Å²) in [5.41, 5.74) is 0. The van der Waals surface area contributed by atoms with E-state index in [-0.39, 0.29) is 36.2 Å². The average Bonchev–Trinajstić information content (AvgIpc) is 2.57. The van der Waals surface area contributed by atoms with Crippen LogP contribution >= 0.6 is 0 Å². The molecule has 24 heavy (non-hydrogen) atoms. The first-order valence-corrected chi connectivity index (χ1v) is 8.65. The number of ether oxygens (including phenoxy) is 2. The van der Waals surface area contributed by atoms with Crippen molar-refractivity contribution in [3.63, 3.8) is 0 Å². The number of carbonyl (C=O) groups is 2. The Morgan fingerprint density at radius 3 is 1.67 bits per heavy atom. The molecule has 0 amide bonds. The Labute approximate surface area is 167 Å². The van der Waals surface area contributed by atoms with Crippen LogP contribution in [0.1, 0.15) is 71.1 Å². The molecule has 137 valence electrons. The molecule has 0 aromatic carbocycles. The first-order valence-electron chi connectivity index (χ1n) is 8.65. The molecule has 0 saturated heterocycles. The van der Waals surface area contributed by atoms with Crippen LogP contribution in [0.2, 0.25) is 0 Å². The van der Waals surface area contributed by atoms with Crippen LogP contribution in [0.5, 0.6) is 0 Å². The number of methoxy groups -OCH3 is 1. The Bertz CT molecular complexity index is 324. The molecule has 0 bridgehead atoms. The molecule has 6 nitrogen and oxygen atoms in total. The molecule has 0 aliphatic carbocycles. The summed E-state index contributed by atoms with van der Waals surface area (Å²) in [5.74, 6) is -2.06. The summed E-state index contributed by atoms with van der Waals surface area (Å²) in [4.78, 5) is 22.4. The molecule has 2 unspecified atom stereocenters. The number of carbonyl (C=O) groups excluding carboxylic acids is 2. The molecule has 0 rings (SSSR count). The predicted molar refractivity (Wildman–Crippen MR) is 92.6 cm³/mol. The van der Waals surface area contributed by atoms with Gasteiger partial charge in [-0.1, -0.05) is 64.7 Å². The molecule has 0 spiro atoms. The van der Waals surface area contributed by atoms with E-state index >= 15 is 0 Å². The van der Waals surface area contributed by atoms with Gasteiger partial charge >= 0.3 is 11.9 Å². The smallest absolute Gasteiger partial charge is 0.338 e. The van der Waals surface area contributed by atoms with Gasteiger partial charge in [0.05, 0.1) is 13.7 Å². The molecule has 0 aromatic rings. The van der Waals surface area contributed by atoms with E-state index in [0.717, 1.165) is 20.0 Å². The zero-order valence-corrected chi connectivity index (χ0v) is 17.5. The molecular formula is C17H32NaO6. The molecule has 0 fully saturated rings. The maximum atomic E-state index is 11.4. The van der Waals surface area contributed by atoms with E-state index in [1.54, 1.807) is 0 Å². The van der Waals surface area contributed by atoms with Crippen molar-refractivity contribution in [3.05, 3.63) is 0 Å². The second kappa shape index (κ2) is 17.7. The van der Waals surface area contributed by atoms with Crippen molar-refractivity contribution in [2.45, 2.75) is 83.3 Å². The van der Waals surface area contributed by atoms with E-state index in [1.807, 2.05) is 0 Å². The van der Waals surface area contributed by atoms with Crippen LogP contribution in [0, 0.1) is 0 Å². The van der Waals surface area contributed by atoms with E-state index in [1.165, 1.54) is 44.9 Å². The van der Waals surface area contributed by atoms with E-state index in [2.05, 4.69) is 11.7 Å². The Morgan fingerprint density at radius 1 is 0.792 bits per heavy atom. The van der Waals surface area contributed by atoms with Crippen LogP contribution in [0.3, 0.4) is 0 Å². The summed E-state index contributed by atoms with van der Waals surface area (Å²) in [6.45, 7) is 2.39. The van der Waals surface area contributed by atoms with Gasteiger partial charge in [0.1, 0.15) is 0 Å². The van der Waals surface area contributed by atoms with Crippen molar-refractivity contribution in [1.82, 2.24) is 0 Å². The zero-order valence-electron chi connectivity index (χ0n) is 15.5. The number of hydrogen-bond acceptors (Lipinski definition) is 6. The Kier molecular flexibility index (Phi) is 19.2. The van der Waals surface area contributed by atoms with Crippen molar-refractivity contribution in [2.75, 3.05) is 13.7 Å². The van der Waals surface area contributed by atoms with Crippen molar-refractivity contribution in [2.24, 2.45) is 0 Å². The maximum Gasteiger partial charge on any atom is 0.338 e. The molecule has 7 heteroatoms. The first-order chi connectivity index (χ1) is 11.0. The van der Waals surface area contributed by atoms with Crippen molar-refractivity contribution in [1.29, 1.82) is 0 Å². The van der Waals surface area contributed by atoms with Gasteiger partial charge in [-0.3, -0.25) is 0 Å². The second-order valence-corrected chi connectivity index (χ2v) is 5.76. The minimum atomic E-state index is -1.90. The number of esters is 2. The number of aliphatic hydroxyl groups excluding tert-OH is 2. The third kappa shape index (κ3) is 13.2. The monoisotopic (exact) mass is 355 g/mol. The van der Waals surface area contributed by atoms with Crippen LogP contribution in [0.15, 0.2) is 0 Å². The largest absolute Gasteiger partial charge is 0.467 e. The van der Waals surface area contributed by atoms with Crippen LogP contribution in [0.25, 0.3) is 0 Å². The van der Waals surface area contributed by atoms with Crippen molar-refractivity contribution in [3.8, 4) is 0 Å². The fraction of sp³-hybridized carbons (Fsp3) is 0.882. The minimum absolute atomic E-state index is 0. The molecular weight excluding hydrogens is 323 g/mol. The third-order valence-electron chi connectivity index (χ3n) is 3.73. The Balaban J connectivity index is 0. The SMILES string of the molecule is CCCCCCCCCCCCOC(=O)C(O)C(O)C(=O)OC.[Na]. The normalized spacial score (nSPS) is 12.8. The van der Waals surface area contributed by atoms with Crippen molar-refractivity contribution < 1.29 is 29.3 Å². The zero-order chi connectivity index (χ0) is 17.5. The quantitative estimate of drug-likeness (QED) is 0.281. The molecule has 0 aliphatic heterocycles. The van der Waals surface area contributed by atoms with Gasteiger partial charge in [-0.05, 0) is 6.42 Å². The van der Waals surface area contributed by atoms with Crippen LogP contribution < -0.4 is 0 Å². The van der Waals surface area contributed by atoms with Gasteiger partial charge in [-0.2, -0.15) is 0 Å².